The van der Waals surface area contributed by atoms with E-state index in [2.05, 4.69) is 27.9 Å². The Balaban J connectivity index is 2.27. The number of anilines is 1. The number of hydrogen-bond donors (Lipinski definition) is 1. The smallest absolute Gasteiger partial charge is 0.266 e. The number of nitrogens with zero attached hydrogens (tertiary/aromatic N) is 1. The van der Waals surface area contributed by atoms with Crippen molar-refractivity contribution < 1.29 is 9.53 Å². The molecule has 0 fully saturated rings. The Kier molecular flexibility index (Phi) is 5.99. The molecular weight excluding hydrogens is 415 g/mol. The Bertz CT molecular complexity index is 851. The summed E-state index contributed by atoms with van der Waals surface area (Å²) in [7, 11) is 1.58. The third-order valence-corrected chi connectivity index (χ3v) is 4.19. The number of amides is 1. The van der Waals surface area contributed by atoms with Gasteiger partial charge in [-0.2, -0.15) is 5.26 Å². The molecule has 1 amide bonds. The minimum atomic E-state index is -0.432. The summed E-state index contributed by atoms with van der Waals surface area (Å²) in [4.78, 5) is 12.3. The quantitative estimate of drug-likeness (QED) is 0.441. The van der Waals surface area contributed by atoms with E-state index in [0.717, 1.165) is 20.3 Å². The molecule has 0 bridgehead atoms. The van der Waals surface area contributed by atoms with Crippen molar-refractivity contribution in [2.45, 2.75) is 13.8 Å². The number of hydrogen-bond acceptors (Lipinski definition) is 3. The lowest BCUT2D eigenvalue weighted by Crippen LogP contribution is -2.13. The van der Waals surface area contributed by atoms with Crippen molar-refractivity contribution in [2.75, 3.05) is 12.4 Å². The highest BCUT2D eigenvalue weighted by molar-refractivity contribution is 14.1. The van der Waals surface area contributed by atoms with Gasteiger partial charge in [0.2, 0.25) is 0 Å². The van der Waals surface area contributed by atoms with E-state index in [4.69, 9.17) is 4.74 Å². The van der Waals surface area contributed by atoms with Gasteiger partial charge in [-0.05, 0) is 89.5 Å². The molecule has 0 unspecified atom stereocenters. The monoisotopic (exact) mass is 432 g/mol. The van der Waals surface area contributed by atoms with Gasteiger partial charge >= 0.3 is 0 Å². The highest BCUT2D eigenvalue weighted by atomic mass is 127. The number of methoxy groups -OCH3 is 1. The molecule has 24 heavy (non-hydrogen) atoms. The van der Waals surface area contributed by atoms with E-state index in [0.29, 0.717) is 11.4 Å². The van der Waals surface area contributed by atoms with Crippen molar-refractivity contribution in [3.8, 4) is 11.8 Å². The van der Waals surface area contributed by atoms with Gasteiger partial charge in [0.05, 0.1) is 7.11 Å². The van der Waals surface area contributed by atoms with Crippen LogP contribution < -0.4 is 10.1 Å². The molecule has 2 rings (SSSR count). The molecule has 4 nitrogen and oxygen atoms in total. The molecule has 122 valence electrons. The topological polar surface area (TPSA) is 62.1 Å². The molecule has 5 heteroatoms. The van der Waals surface area contributed by atoms with Crippen LogP contribution in [-0.4, -0.2) is 13.0 Å². The van der Waals surface area contributed by atoms with E-state index in [1.165, 1.54) is 0 Å². The lowest BCUT2D eigenvalue weighted by Gasteiger charge is -2.07. The van der Waals surface area contributed by atoms with Crippen LogP contribution in [0.25, 0.3) is 6.08 Å². The van der Waals surface area contributed by atoms with Crippen LogP contribution >= 0.6 is 22.6 Å². The lowest BCUT2D eigenvalue weighted by atomic mass is 10.1. The average molecular weight is 432 g/mol. The molecule has 0 heterocycles. The van der Waals surface area contributed by atoms with Gasteiger partial charge in [0, 0.05) is 9.26 Å². The molecule has 0 atom stereocenters. The van der Waals surface area contributed by atoms with Crippen LogP contribution in [0.4, 0.5) is 5.69 Å². The number of ether oxygens (including phenoxy) is 1. The Hall–Kier alpha value is -2.33. The van der Waals surface area contributed by atoms with Crippen LogP contribution in [-0.2, 0) is 4.79 Å². The molecular formula is C19H17IN2O2. The van der Waals surface area contributed by atoms with Crippen LogP contribution in [0.5, 0.6) is 5.75 Å². The number of carbonyl (C=O) groups is 1. The van der Waals surface area contributed by atoms with Gasteiger partial charge in [0.15, 0.2) is 0 Å². The number of carbonyl (C=O) groups excluding carboxylic acids is 1. The summed E-state index contributed by atoms with van der Waals surface area (Å²) in [6, 6.07) is 13.1. The fourth-order valence-corrected chi connectivity index (χ4v) is 2.78. The predicted octanol–water partition coefficient (Wildman–Crippen LogP) is 4.46. The summed E-state index contributed by atoms with van der Waals surface area (Å²) < 4.78 is 6.18. The second-order valence-corrected chi connectivity index (χ2v) is 6.59. The minimum Gasteiger partial charge on any atom is -0.497 e. The van der Waals surface area contributed by atoms with E-state index in [9.17, 15) is 10.1 Å². The number of halogens is 1. The molecule has 0 saturated carbocycles. The molecule has 0 aliphatic rings. The maximum absolute atomic E-state index is 12.3. The zero-order valence-corrected chi connectivity index (χ0v) is 15.8. The zero-order valence-electron chi connectivity index (χ0n) is 13.7. The molecule has 2 aromatic carbocycles. The zero-order chi connectivity index (χ0) is 17.7. The van der Waals surface area contributed by atoms with Gasteiger partial charge < -0.3 is 10.1 Å². The summed E-state index contributed by atoms with van der Waals surface area (Å²) >= 11 is 2.16. The van der Waals surface area contributed by atoms with Gasteiger partial charge in [-0.1, -0.05) is 6.07 Å². The van der Waals surface area contributed by atoms with Crippen LogP contribution in [0, 0.1) is 28.7 Å². The highest BCUT2D eigenvalue weighted by Crippen LogP contribution is 2.21. The summed E-state index contributed by atoms with van der Waals surface area (Å²) in [6.07, 6.45) is 1.56. The second kappa shape index (κ2) is 7.97. The molecule has 0 aliphatic heterocycles. The average Bonchev–Trinajstić information content (AvgIpc) is 2.55. The molecule has 0 saturated heterocycles. The molecule has 0 aliphatic carbocycles. The summed E-state index contributed by atoms with van der Waals surface area (Å²) in [5.41, 5.74) is 3.68. The standard InChI is InChI=1S/C19H17IN2O2/c1-12-4-5-17(6-13(12)2)22-19(23)15(11-21)7-14-8-16(20)10-18(9-14)24-3/h4-10H,1-3H3,(H,22,23)/b15-7+. The summed E-state index contributed by atoms with van der Waals surface area (Å²) in [5.74, 6) is 0.249. The first-order valence-electron chi connectivity index (χ1n) is 7.28. The molecule has 1 N–H and O–H groups in total. The number of rotatable bonds is 4. The Morgan fingerprint density at radius 2 is 1.96 bits per heavy atom. The Labute approximate surface area is 155 Å². The van der Waals surface area contributed by atoms with E-state index >= 15 is 0 Å². The molecule has 0 radical (unpaired) electrons. The largest absolute Gasteiger partial charge is 0.497 e. The van der Waals surface area contributed by atoms with E-state index in [-0.39, 0.29) is 5.57 Å². The Morgan fingerprint density at radius 1 is 1.21 bits per heavy atom. The fraction of sp³-hybridized carbons (Fsp3) is 0.158. The van der Waals surface area contributed by atoms with Crippen molar-refractivity contribution in [1.82, 2.24) is 0 Å². The van der Waals surface area contributed by atoms with Crippen molar-refractivity contribution in [3.05, 3.63) is 62.2 Å². The number of nitrogens with one attached hydrogen (secondary N) is 1. The van der Waals surface area contributed by atoms with E-state index < -0.39 is 5.91 Å². The van der Waals surface area contributed by atoms with Crippen LogP contribution in [0.3, 0.4) is 0 Å². The highest BCUT2D eigenvalue weighted by Gasteiger charge is 2.10. The second-order valence-electron chi connectivity index (χ2n) is 5.35. The van der Waals surface area contributed by atoms with Crippen molar-refractivity contribution in [2.24, 2.45) is 0 Å². The van der Waals surface area contributed by atoms with Gasteiger partial charge in [0.25, 0.3) is 5.91 Å². The summed E-state index contributed by atoms with van der Waals surface area (Å²) in [5, 5.41) is 12.1. The third-order valence-electron chi connectivity index (χ3n) is 3.57. The van der Waals surface area contributed by atoms with Gasteiger partial charge in [0.1, 0.15) is 17.4 Å². The Morgan fingerprint density at radius 3 is 2.58 bits per heavy atom. The van der Waals surface area contributed by atoms with Crippen LogP contribution in [0.2, 0.25) is 0 Å². The molecule has 0 aromatic heterocycles. The normalized spacial score (nSPS) is 10.9. The lowest BCUT2D eigenvalue weighted by molar-refractivity contribution is -0.112. The van der Waals surface area contributed by atoms with Gasteiger partial charge in [-0.15, -0.1) is 0 Å². The van der Waals surface area contributed by atoms with Gasteiger partial charge in [-0.25, -0.2) is 0 Å². The predicted molar refractivity (Wildman–Crippen MR) is 104 cm³/mol. The van der Waals surface area contributed by atoms with Crippen LogP contribution in [0.15, 0.2) is 42.0 Å². The SMILES string of the molecule is COc1cc(I)cc(/C=C(\C#N)C(=O)Nc2ccc(C)c(C)c2)c1. The summed E-state index contributed by atoms with van der Waals surface area (Å²) in [6.45, 7) is 3.98. The molecule has 0 spiro atoms. The maximum atomic E-state index is 12.3. The number of nitriles is 1. The first-order valence-corrected chi connectivity index (χ1v) is 8.36. The van der Waals surface area contributed by atoms with Crippen molar-refractivity contribution >= 4 is 40.3 Å². The number of benzene rings is 2. The minimum absolute atomic E-state index is 0.0391. The van der Waals surface area contributed by atoms with E-state index in [1.54, 1.807) is 19.3 Å². The van der Waals surface area contributed by atoms with E-state index in [1.807, 2.05) is 50.2 Å². The first kappa shape index (κ1) is 18.0. The van der Waals surface area contributed by atoms with Gasteiger partial charge in [-0.3, -0.25) is 4.79 Å². The van der Waals surface area contributed by atoms with Crippen molar-refractivity contribution in [1.29, 1.82) is 5.26 Å². The molecule has 2 aromatic rings. The van der Waals surface area contributed by atoms with Crippen molar-refractivity contribution in [3.63, 3.8) is 0 Å². The number of aryl methyl sites for hydroxylation is 2. The van der Waals surface area contributed by atoms with Crippen LogP contribution in [0.1, 0.15) is 16.7 Å². The fourth-order valence-electron chi connectivity index (χ4n) is 2.12. The maximum Gasteiger partial charge on any atom is 0.266 e. The first-order chi connectivity index (χ1) is 11.4. The third kappa shape index (κ3) is 4.59.